The predicted octanol–water partition coefficient (Wildman–Crippen LogP) is 2.35. The Morgan fingerprint density at radius 3 is 2.70 bits per heavy atom. The van der Waals surface area contributed by atoms with E-state index in [0.29, 0.717) is 24.9 Å². The molecule has 148 valence electrons. The minimum Gasteiger partial charge on any atom is -0.458 e. The number of cyclic esters (lactones) is 1. The Labute approximate surface area is 160 Å². The number of aliphatic hydroxyl groups is 2. The predicted molar refractivity (Wildman–Crippen MR) is 96.6 cm³/mol. The van der Waals surface area contributed by atoms with Crippen molar-refractivity contribution in [3.63, 3.8) is 0 Å². The monoisotopic (exact) mass is 374 g/mol. The fraction of sp³-hybridized carbons (Fsp3) is 0.864. The molecule has 2 aliphatic heterocycles. The lowest BCUT2D eigenvalue weighted by Crippen LogP contribution is -2.77. The van der Waals surface area contributed by atoms with Gasteiger partial charge in [-0.2, -0.15) is 0 Å². The number of aliphatic hydroxyl groups excluding tert-OH is 1. The number of carbonyl (C=O) groups is 1. The molecule has 2 N–H and O–H groups in total. The van der Waals surface area contributed by atoms with Crippen LogP contribution in [0.25, 0.3) is 0 Å². The highest BCUT2D eigenvalue weighted by molar-refractivity contribution is 5.92. The van der Waals surface area contributed by atoms with Crippen LogP contribution >= 0.6 is 0 Å². The molecular weight excluding hydrogens is 344 g/mol. The molecule has 0 radical (unpaired) electrons. The van der Waals surface area contributed by atoms with Crippen molar-refractivity contribution in [1.82, 2.24) is 0 Å². The highest BCUT2D eigenvalue weighted by Crippen LogP contribution is 2.83. The van der Waals surface area contributed by atoms with E-state index in [1.54, 1.807) is 0 Å². The molecule has 6 rings (SSSR count). The van der Waals surface area contributed by atoms with Crippen molar-refractivity contribution in [3.05, 3.63) is 11.1 Å². The fourth-order valence-corrected chi connectivity index (χ4v) is 8.47. The first-order valence-corrected chi connectivity index (χ1v) is 10.7. The molecule has 1 saturated heterocycles. The summed E-state index contributed by atoms with van der Waals surface area (Å²) in [4.78, 5) is 12.1. The molecule has 2 heterocycles. The lowest BCUT2D eigenvalue weighted by Gasteiger charge is -2.72. The third kappa shape index (κ3) is 1.51. The van der Waals surface area contributed by atoms with Crippen LogP contribution in [0.4, 0.5) is 0 Å². The molecule has 0 aromatic rings. The van der Waals surface area contributed by atoms with E-state index >= 15 is 0 Å². The second-order valence-electron chi connectivity index (χ2n) is 10.6. The number of epoxide rings is 1. The molecular formula is C22H30O5. The maximum absolute atomic E-state index is 12.1. The van der Waals surface area contributed by atoms with E-state index in [2.05, 4.69) is 6.92 Å². The molecule has 0 amide bonds. The standard InChI is InChI=1S/C22H30O5/c1-11(2)20(25)9-12-4-7-21(12)19(3)6-5-13-14(10-26-17(13)23)15(19)8-16-22(21,27-16)18(20)24/h11-12,15-16,18,24-25H,4-10H2,1-3H3/t12?,15-,16?,18?,19?,20+,21-,22+/m0/s1. The van der Waals surface area contributed by atoms with Crippen molar-refractivity contribution >= 4 is 5.97 Å². The number of esters is 1. The molecule has 0 bridgehead atoms. The van der Waals surface area contributed by atoms with Crippen LogP contribution in [0, 0.1) is 28.6 Å². The Bertz CT molecular complexity index is 788. The maximum Gasteiger partial charge on any atom is 0.334 e. The normalized spacial score (nSPS) is 57.8. The van der Waals surface area contributed by atoms with E-state index in [4.69, 9.17) is 9.47 Å². The second kappa shape index (κ2) is 4.63. The number of hydrogen-bond donors (Lipinski definition) is 2. The number of carbonyl (C=O) groups excluding carboxylic acids is 1. The first-order chi connectivity index (χ1) is 12.7. The molecule has 0 aromatic heterocycles. The van der Waals surface area contributed by atoms with E-state index in [1.807, 2.05) is 13.8 Å². The molecule has 4 aliphatic carbocycles. The Morgan fingerprint density at radius 2 is 2.04 bits per heavy atom. The summed E-state index contributed by atoms with van der Waals surface area (Å²) in [5, 5.41) is 22.9. The number of rotatable bonds is 1. The topological polar surface area (TPSA) is 79.3 Å². The summed E-state index contributed by atoms with van der Waals surface area (Å²) in [5.74, 6) is 0.554. The maximum atomic E-state index is 12.1. The Kier molecular flexibility index (Phi) is 2.91. The summed E-state index contributed by atoms with van der Waals surface area (Å²) < 4.78 is 11.8. The molecule has 27 heavy (non-hydrogen) atoms. The quantitative estimate of drug-likeness (QED) is 0.544. The molecule has 5 heteroatoms. The van der Waals surface area contributed by atoms with Crippen LogP contribution in [0.15, 0.2) is 11.1 Å². The van der Waals surface area contributed by atoms with Crippen LogP contribution in [0.5, 0.6) is 0 Å². The van der Waals surface area contributed by atoms with E-state index < -0.39 is 17.3 Å². The van der Waals surface area contributed by atoms with E-state index in [0.717, 1.165) is 37.7 Å². The molecule has 4 fully saturated rings. The number of hydrogen-bond acceptors (Lipinski definition) is 5. The second-order valence-corrected chi connectivity index (χ2v) is 10.6. The summed E-state index contributed by atoms with van der Waals surface area (Å²) in [5.41, 5.74) is 0.357. The van der Waals surface area contributed by atoms with E-state index in [-0.39, 0.29) is 28.8 Å². The molecule has 4 unspecified atom stereocenters. The lowest BCUT2D eigenvalue weighted by atomic mass is 9.31. The van der Waals surface area contributed by atoms with Crippen LogP contribution in [0.1, 0.15) is 59.3 Å². The van der Waals surface area contributed by atoms with Gasteiger partial charge in [-0.3, -0.25) is 0 Å². The first-order valence-electron chi connectivity index (χ1n) is 10.7. The Hall–Kier alpha value is -0.910. The van der Waals surface area contributed by atoms with Gasteiger partial charge >= 0.3 is 5.97 Å². The summed E-state index contributed by atoms with van der Waals surface area (Å²) >= 11 is 0. The molecule has 3 saturated carbocycles. The van der Waals surface area contributed by atoms with Gasteiger partial charge < -0.3 is 19.7 Å². The van der Waals surface area contributed by atoms with Crippen molar-refractivity contribution in [3.8, 4) is 0 Å². The lowest BCUT2D eigenvalue weighted by molar-refractivity contribution is -0.291. The van der Waals surface area contributed by atoms with E-state index in [1.165, 1.54) is 5.57 Å². The molecule has 8 atom stereocenters. The Balaban J connectivity index is 1.50. The smallest absolute Gasteiger partial charge is 0.334 e. The van der Waals surface area contributed by atoms with Crippen LogP contribution in [-0.2, 0) is 14.3 Å². The SMILES string of the molecule is CC(C)[C@]1(O)CC2CC[C@@]23C2(C)CCC4=C(COC4=O)[C@@H]2CC2O[C@@]23C1O. The highest BCUT2D eigenvalue weighted by Gasteiger charge is 2.88. The summed E-state index contributed by atoms with van der Waals surface area (Å²) in [6.07, 6.45) is 4.54. The van der Waals surface area contributed by atoms with Crippen molar-refractivity contribution in [2.75, 3.05) is 6.61 Å². The van der Waals surface area contributed by atoms with Gasteiger partial charge in [-0.15, -0.1) is 0 Å². The summed E-state index contributed by atoms with van der Waals surface area (Å²) in [6, 6.07) is 0. The summed E-state index contributed by atoms with van der Waals surface area (Å²) in [6.45, 7) is 6.83. The van der Waals surface area contributed by atoms with Crippen molar-refractivity contribution in [1.29, 1.82) is 0 Å². The van der Waals surface area contributed by atoms with Crippen molar-refractivity contribution < 1.29 is 24.5 Å². The highest BCUT2D eigenvalue weighted by atomic mass is 16.6. The molecule has 0 aromatic carbocycles. The number of ether oxygens (including phenoxy) is 2. The van der Waals surface area contributed by atoms with Gasteiger partial charge in [-0.1, -0.05) is 20.8 Å². The van der Waals surface area contributed by atoms with Crippen LogP contribution < -0.4 is 0 Å². The zero-order valence-corrected chi connectivity index (χ0v) is 16.5. The molecule has 5 nitrogen and oxygen atoms in total. The minimum absolute atomic E-state index is 0.00243. The van der Waals surface area contributed by atoms with Gasteiger partial charge in [-0.05, 0) is 67.3 Å². The Morgan fingerprint density at radius 1 is 1.26 bits per heavy atom. The average Bonchev–Trinajstić information content (AvgIpc) is 3.21. The van der Waals surface area contributed by atoms with Gasteiger partial charge in [0.2, 0.25) is 0 Å². The molecule has 2 spiro atoms. The average molecular weight is 374 g/mol. The zero-order valence-electron chi connectivity index (χ0n) is 16.5. The van der Waals surface area contributed by atoms with Gasteiger partial charge in [0.05, 0.1) is 11.7 Å². The third-order valence-electron chi connectivity index (χ3n) is 10.0. The minimum atomic E-state index is -1.07. The van der Waals surface area contributed by atoms with Crippen LogP contribution in [0.3, 0.4) is 0 Å². The zero-order chi connectivity index (χ0) is 19.0. The summed E-state index contributed by atoms with van der Waals surface area (Å²) in [7, 11) is 0. The van der Waals surface area contributed by atoms with Gasteiger partial charge in [0.25, 0.3) is 0 Å². The third-order valence-corrected chi connectivity index (χ3v) is 10.0. The molecule has 6 aliphatic rings. The van der Waals surface area contributed by atoms with E-state index in [9.17, 15) is 15.0 Å². The van der Waals surface area contributed by atoms with Crippen LogP contribution in [-0.4, -0.2) is 46.2 Å². The fourth-order valence-electron chi connectivity index (χ4n) is 8.47. The van der Waals surface area contributed by atoms with Gasteiger partial charge in [-0.25, -0.2) is 4.79 Å². The number of fused-ring (bicyclic) bond motifs is 2. The van der Waals surface area contributed by atoms with Crippen LogP contribution in [0.2, 0.25) is 0 Å². The van der Waals surface area contributed by atoms with Crippen molar-refractivity contribution in [2.24, 2.45) is 28.6 Å². The first kappa shape index (κ1) is 17.0. The van der Waals surface area contributed by atoms with Gasteiger partial charge in [0.15, 0.2) is 0 Å². The van der Waals surface area contributed by atoms with Gasteiger partial charge in [0, 0.05) is 11.0 Å². The largest absolute Gasteiger partial charge is 0.458 e. The van der Waals surface area contributed by atoms with Crippen molar-refractivity contribution in [2.45, 2.75) is 82.7 Å². The van der Waals surface area contributed by atoms with Gasteiger partial charge in [0.1, 0.15) is 18.3 Å².